The first-order chi connectivity index (χ1) is 14.1. The summed E-state index contributed by atoms with van der Waals surface area (Å²) in [5.74, 6) is 0.0685. The number of hydrogen-bond acceptors (Lipinski definition) is 1. The second-order valence-corrected chi connectivity index (χ2v) is 8.62. The zero-order valence-electron chi connectivity index (χ0n) is 19.4. The van der Waals surface area contributed by atoms with Gasteiger partial charge in [0.05, 0.1) is 6.61 Å². The maximum Gasteiger partial charge on any atom is 0.200 e. The zero-order valence-corrected chi connectivity index (χ0v) is 19.4. The molecule has 1 atom stereocenters. The van der Waals surface area contributed by atoms with Crippen LogP contribution in [0.3, 0.4) is 0 Å². The minimum absolute atomic E-state index is 0.0330. The van der Waals surface area contributed by atoms with Crippen LogP contribution in [0, 0.1) is 23.5 Å². The molecule has 0 aliphatic rings. The average molecular weight is 411 g/mol. The van der Waals surface area contributed by atoms with E-state index >= 15 is 0 Å². The van der Waals surface area contributed by atoms with Crippen LogP contribution in [0.1, 0.15) is 110 Å². The van der Waals surface area contributed by atoms with E-state index in [9.17, 15) is 8.78 Å². The summed E-state index contributed by atoms with van der Waals surface area (Å²) >= 11 is 0. The number of hydrogen-bond donors (Lipinski definition) is 0. The highest BCUT2D eigenvalue weighted by molar-refractivity contribution is 5.31. The lowest BCUT2D eigenvalue weighted by atomic mass is 9.87. The monoisotopic (exact) mass is 410 g/mol. The van der Waals surface area contributed by atoms with Crippen LogP contribution in [0.15, 0.2) is 12.1 Å². The van der Waals surface area contributed by atoms with Gasteiger partial charge in [-0.3, -0.25) is 0 Å². The van der Waals surface area contributed by atoms with Crippen LogP contribution in [-0.4, -0.2) is 6.61 Å². The maximum absolute atomic E-state index is 14.3. The summed E-state index contributed by atoms with van der Waals surface area (Å²) in [6.45, 7) is 9.17. The topological polar surface area (TPSA) is 9.23 Å². The molecule has 0 spiro atoms. The Morgan fingerprint density at radius 2 is 1.24 bits per heavy atom. The predicted octanol–water partition coefficient (Wildman–Crippen LogP) is 8.88. The fraction of sp³-hybridized carbons (Fsp3) is 0.769. The lowest BCUT2D eigenvalue weighted by Crippen LogP contribution is -2.06. The van der Waals surface area contributed by atoms with Gasteiger partial charge in [-0.25, -0.2) is 4.39 Å². The van der Waals surface area contributed by atoms with Gasteiger partial charge in [0, 0.05) is 0 Å². The second kappa shape index (κ2) is 15.7. The van der Waals surface area contributed by atoms with Gasteiger partial charge in [-0.1, -0.05) is 98.0 Å². The van der Waals surface area contributed by atoms with Gasteiger partial charge in [0.2, 0.25) is 5.82 Å². The van der Waals surface area contributed by atoms with Crippen LogP contribution in [0.25, 0.3) is 0 Å². The number of ether oxygens (including phenoxy) is 1. The second-order valence-electron chi connectivity index (χ2n) is 8.62. The fourth-order valence-corrected chi connectivity index (χ4v) is 4.46. The highest BCUT2D eigenvalue weighted by atomic mass is 19.2. The highest BCUT2D eigenvalue weighted by Gasteiger charge is 2.16. The Hall–Kier alpha value is -1.12. The average Bonchev–Trinajstić information content (AvgIpc) is 2.71. The Balaban J connectivity index is 2.48. The number of benzene rings is 1. The molecular formula is C26H44F2O. The van der Waals surface area contributed by atoms with Crippen LogP contribution >= 0.6 is 0 Å². The van der Waals surface area contributed by atoms with E-state index in [0.29, 0.717) is 24.5 Å². The molecule has 1 aromatic carbocycles. The molecule has 3 heteroatoms. The van der Waals surface area contributed by atoms with E-state index in [1.54, 1.807) is 12.1 Å². The standard InChI is InChI=1S/C26H44F2O/c1-5-11-21(12-6-2)14-9-15-22(13-7-3)16-10-17-23-18-19-24(29-20-8-4)26(28)25(23)27/h18-19,21-22H,5-17,20H2,1-4H3. The van der Waals surface area contributed by atoms with Crippen molar-refractivity contribution in [1.29, 1.82) is 0 Å². The van der Waals surface area contributed by atoms with Crippen molar-refractivity contribution in [2.75, 3.05) is 6.61 Å². The Labute approximate surface area is 178 Å². The summed E-state index contributed by atoms with van der Waals surface area (Å²) < 4.78 is 33.8. The number of rotatable bonds is 17. The number of aryl methyl sites for hydroxylation is 1. The van der Waals surface area contributed by atoms with Crippen molar-refractivity contribution in [1.82, 2.24) is 0 Å². The van der Waals surface area contributed by atoms with Gasteiger partial charge >= 0.3 is 0 Å². The minimum atomic E-state index is -0.834. The zero-order chi connectivity index (χ0) is 21.5. The smallest absolute Gasteiger partial charge is 0.200 e. The molecule has 1 rings (SSSR count). The summed E-state index contributed by atoms with van der Waals surface area (Å²) in [5.41, 5.74) is 0.479. The molecule has 0 heterocycles. The normalized spacial score (nSPS) is 12.5. The molecule has 29 heavy (non-hydrogen) atoms. The van der Waals surface area contributed by atoms with Crippen LogP contribution in [0.2, 0.25) is 0 Å². The van der Waals surface area contributed by atoms with E-state index < -0.39 is 11.6 Å². The van der Waals surface area contributed by atoms with Gasteiger partial charge < -0.3 is 4.74 Å². The van der Waals surface area contributed by atoms with E-state index in [2.05, 4.69) is 20.8 Å². The first kappa shape index (κ1) is 25.9. The third kappa shape index (κ3) is 9.96. The molecule has 0 aliphatic carbocycles. The SMILES string of the molecule is CCCOc1ccc(CCCC(CCC)CCCC(CCC)CCC)c(F)c1F. The van der Waals surface area contributed by atoms with Crippen molar-refractivity contribution in [3.8, 4) is 5.75 Å². The lowest BCUT2D eigenvalue weighted by molar-refractivity contribution is 0.294. The first-order valence-corrected chi connectivity index (χ1v) is 12.2. The maximum atomic E-state index is 14.3. The molecule has 0 N–H and O–H groups in total. The van der Waals surface area contributed by atoms with E-state index in [1.165, 1.54) is 57.8 Å². The lowest BCUT2D eigenvalue weighted by Gasteiger charge is -2.19. The van der Waals surface area contributed by atoms with Crippen molar-refractivity contribution in [3.05, 3.63) is 29.3 Å². The number of halogens is 2. The molecule has 0 radical (unpaired) electrons. The summed E-state index contributed by atoms with van der Waals surface area (Å²) in [5, 5.41) is 0. The van der Waals surface area contributed by atoms with Gasteiger partial charge in [0.25, 0.3) is 0 Å². The van der Waals surface area contributed by atoms with Crippen molar-refractivity contribution in [2.24, 2.45) is 11.8 Å². The third-order valence-corrected chi connectivity index (χ3v) is 5.96. The van der Waals surface area contributed by atoms with Crippen LogP contribution in [-0.2, 0) is 6.42 Å². The van der Waals surface area contributed by atoms with Gasteiger partial charge in [-0.05, 0) is 42.7 Å². The van der Waals surface area contributed by atoms with Gasteiger partial charge in [0.15, 0.2) is 11.6 Å². The summed E-state index contributed by atoms with van der Waals surface area (Å²) in [6.07, 6.45) is 15.1. The highest BCUT2D eigenvalue weighted by Crippen LogP contribution is 2.28. The van der Waals surface area contributed by atoms with Crippen molar-refractivity contribution < 1.29 is 13.5 Å². The molecule has 0 saturated carbocycles. The summed E-state index contributed by atoms with van der Waals surface area (Å²) in [7, 11) is 0. The minimum Gasteiger partial charge on any atom is -0.490 e. The summed E-state index contributed by atoms with van der Waals surface area (Å²) in [6, 6.07) is 3.27. The van der Waals surface area contributed by atoms with E-state index in [0.717, 1.165) is 25.2 Å². The molecule has 0 aliphatic heterocycles. The quantitative estimate of drug-likeness (QED) is 0.249. The van der Waals surface area contributed by atoms with E-state index in [4.69, 9.17) is 4.74 Å². The molecule has 1 unspecified atom stereocenters. The van der Waals surface area contributed by atoms with Crippen LogP contribution < -0.4 is 4.74 Å². The van der Waals surface area contributed by atoms with Gasteiger partial charge in [-0.15, -0.1) is 0 Å². The molecule has 0 saturated heterocycles. The molecule has 1 aromatic rings. The first-order valence-electron chi connectivity index (χ1n) is 12.2. The Bertz CT molecular complexity index is 538. The van der Waals surface area contributed by atoms with Crippen molar-refractivity contribution in [2.45, 2.75) is 111 Å². The molecule has 1 nitrogen and oxygen atoms in total. The molecule has 0 bridgehead atoms. The van der Waals surface area contributed by atoms with Crippen LogP contribution in [0.4, 0.5) is 8.78 Å². The third-order valence-electron chi connectivity index (χ3n) is 5.96. The summed E-state index contributed by atoms with van der Waals surface area (Å²) in [4.78, 5) is 0. The fourth-order valence-electron chi connectivity index (χ4n) is 4.46. The van der Waals surface area contributed by atoms with Gasteiger partial charge in [0.1, 0.15) is 0 Å². The molecule has 168 valence electrons. The molecule has 0 aromatic heterocycles. The molecular weight excluding hydrogens is 366 g/mol. The van der Waals surface area contributed by atoms with Crippen LogP contribution in [0.5, 0.6) is 5.75 Å². The van der Waals surface area contributed by atoms with Gasteiger partial charge in [-0.2, -0.15) is 4.39 Å². The predicted molar refractivity (Wildman–Crippen MR) is 121 cm³/mol. The van der Waals surface area contributed by atoms with Crippen molar-refractivity contribution in [3.63, 3.8) is 0 Å². The molecule has 0 fully saturated rings. The Kier molecular flexibility index (Phi) is 14.0. The Morgan fingerprint density at radius 3 is 1.79 bits per heavy atom. The largest absolute Gasteiger partial charge is 0.490 e. The molecule has 0 amide bonds. The van der Waals surface area contributed by atoms with E-state index in [-0.39, 0.29) is 5.75 Å². The van der Waals surface area contributed by atoms with E-state index in [1.807, 2.05) is 6.92 Å². The Morgan fingerprint density at radius 1 is 0.690 bits per heavy atom. The van der Waals surface area contributed by atoms with Crippen molar-refractivity contribution >= 4 is 0 Å².